The SMILES string of the molecule is CC(C)n1cnnc1C1CCCN(c2cc(CO)ccc2[N+](=O)[O-])C1. The molecule has 1 saturated heterocycles. The molecule has 1 aromatic heterocycles. The molecule has 8 heteroatoms. The zero-order chi connectivity index (χ0) is 18.0. The number of rotatable bonds is 5. The predicted octanol–water partition coefficient (Wildman–Crippen LogP) is 2.64. The summed E-state index contributed by atoms with van der Waals surface area (Å²) in [7, 11) is 0. The number of nitro groups is 1. The number of piperidine rings is 1. The van der Waals surface area contributed by atoms with Gasteiger partial charge in [-0.15, -0.1) is 10.2 Å². The minimum atomic E-state index is -0.364. The fourth-order valence-corrected chi connectivity index (χ4v) is 3.42. The van der Waals surface area contributed by atoms with Gasteiger partial charge in [-0.3, -0.25) is 10.1 Å². The lowest BCUT2D eigenvalue weighted by molar-refractivity contribution is -0.384. The Labute approximate surface area is 146 Å². The fraction of sp³-hybridized carbons (Fsp3) is 0.529. The Bertz CT molecular complexity index is 758. The maximum atomic E-state index is 11.4. The third-order valence-corrected chi connectivity index (χ3v) is 4.70. The van der Waals surface area contributed by atoms with E-state index in [1.54, 1.807) is 18.5 Å². The summed E-state index contributed by atoms with van der Waals surface area (Å²) < 4.78 is 2.06. The highest BCUT2D eigenvalue weighted by Gasteiger charge is 2.29. The molecule has 1 aliphatic rings. The number of aliphatic hydroxyl groups excluding tert-OH is 1. The number of hydrogen-bond acceptors (Lipinski definition) is 6. The van der Waals surface area contributed by atoms with Gasteiger partial charge in [-0.2, -0.15) is 0 Å². The van der Waals surface area contributed by atoms with E-state index in [1.807, 2.05) is 4.90 Å². The number of nitrogens with zero attached hydrogens (tertiary/aromatic N) is 5. The van der Waals surface area contributed by atoms with Gasteiger partial charge < -0.3 is 14.6 Å². The van der Waals surface area contributed by atoms with Crippen molar-refractivity contribution in [2.75, 3.05) is 18.0 Å². The highest BCUT2D eigenvalue weighted by Crippen LogP contribution is 2.35. The maximum absolute atomic E-state index is 11.4. The molecule has 1 unspecified atom stereocenters. The molecule has 0 bridgehead atoms. The lowest BCUT2D eigenvalue weighted by atomic mass is 9.96. The Hall–Kier alpha value is -2.48. The largest absolute Gasteiger partial charge is 0.392 e. The van der Waals surface area contributed by atoms with Crippen molar-refractivity contribution in [3.8, 4) is 0 Å². The van der Waals surface area contributed by atoms with E-state index >= 15 is 0 Å². The molecule has 2 heterocycles. The monoisotopic (exact) mass is 345 g/mol. The number of hydrogen-bond donors (Lipinski definition) is 1. The van der Waals surface area contributed by atoms with Crippen LogP contribution in [0.5, 0.6) is 0 Å². The van der Waals surface area contributed by atoms with Crippen LogP contribution in [0.4, 0.5) is 11.4 Å². The zero-order valence-electron chi connectivity index (χ0n) is 14.5. The average molecular weight is 345 g/mol. The van der Waals surface area contributed by atoms with Crippen molar-refractivity contribution in [3.63, 3.8) is 0 Å². The molecule has 1 N–H and O–H groups in total. The van der Waals surface area contributed by atoms with Crippen LogP contribution in [0, 0.1) is 10.1 Å². The molecule has 0 aliphatic carbocycles. The van der Waals surface area contributed by atoms with Gasteiger partial charge >= 0.3 is 0 Å². The van der Waals surface area contributed by atoms with E-state index < -0.39 is 0 Å². The number of nitro benzene ring substituents is 1. The van der Waals surface area contributed by atoms with Crippen LogP contribution < -0.4 is 4.90 Å². The van der Waals surface area contributed by atoms with E-state index in [0.717, 1.165) is 25.2 Å². The Morgan fingerprint density at radius 3 is 2.92 bits per heavy atom. The van der Waals surface area contributed by atoms with Crippen LogP contribution in [0.15, 0.2) is 24.5 Å². The quantitative estimate of drug-likeness (QED) is 0.661. The van der Waals surface area contributed by atoms with E-state index in [4.69, 9.17) is 0 Å². The van der Waals surface area contributed by atoms with Crippen LogP contribution in [0.2, 0.25) is 0 Å². The minimum absolute atomic E-state index is 0.0724. The van der Waals surface area contributed by atoms with Crippen molar-refractivity contribution in [2.24, 2.45) is 0 Å². The van der Waals surface area contributed by atoms with Gasteiger partial charge in [0.05, 0.1) is 11.5 Å². The predicted molar refractivity (Wildman–Crippen MR) is 93.6 cm³/mol. The molecule has 0 amide bonds. The van der Waals surface area contributed by atoms with Gasteiger partial charge in [-0.05, 0) is 44.4 Å². The number of anilines is 1. The minimum Gasteiger partial charge on any atom is -0.392 e. The van der Waals surface area contributed by atoms with E-state index in [2.05, 4.69) is 28.6 Å². The molecular formula is C17H23N5O3. The number of aliphatic hydroxyl groups is 1. The van der Waals surface area contributed by atoms with Crippen LogP contribution in [0.1, 0.15) is 50.0 Å². The summed E-state index contributed by atoms with van der Waals surface area (Å²) in [6.07, 6.45) is 3.65. The van der Waals surface area contributed by atoms with Crippen molar-refractivity contribution in [1.29, 1.82) is 0 Å². The van der Waals surface area contributed by atoms with Gasteiger partial charge in [0.15, 0.2) is 0 Å². The first-order valence-corrected chi connectivity index (χ1v) is 8.53. The Morgan fingerprint density at radius 2 is 2.24 bits per heavy atom. The van der Waals surface area contributed by atoms with Crippen LogP contribution in [0.3, 0.4) is 0 Å². The third-order valence-electron chi connectivity index (χ3n) is 4.70. The Morgan fingerprint density at radius 1 is 1.44 bits per heavy atom. The fourth-order valence-electron chi connectivity index (χ4n) is 3.42. The van der Waals surface area contributed by atoms with Crippen molar-refractivity contribution < 1.29 is 10.0 Å². The molecule has 25 heavy (non-hydrogen) atoms. The van der Waals surface area contributed by atoms with Crippen LogP contribution in [-0.2, 0) is 6.61 Å². The average Bonchev–Trinajstić information content (AvgIpc) is 3.11. The lowest BCUT2D eigenvalue weighted by Gasteiger charge is -2.34. The van der Waals surface area contributed by atoms with E-state index in [-0.39, 0.29) is 29.2 Å². The van der Waals surface area contributed by atoms with Crippen molar-refractivity contribution in [3.05, 3.63) is 46.0 Å². The summed E-state index contributed by atoms with van der Waals surface area (Å²) in [5.41, 5.74) is 1.31. The topological polar surface area (TPSA) is 97.3 Å². The van der Waals surface area contributed by atoms with Crippen LogP contribution in [-0.4, -0.2) is 37.9 Å². The zero-order valence-corrected chi connectivity index (χ0v) is 14.5. The first-order valence-electron chi connectivity index (χ1n) is 8.53. The second-order valence-corrected chi connectivity index (χ2v) is 6.71. The first kappa shape index (κ1) is 17.3. The summed E-state index contributed by atoms with van der Waals surface area (Å²) in [6.45, 7) is 5.44. The molecule has 0 spiro atoms. The molecule has 3 rings (SSSR count). The summed E-state index contributed by atoms with van der Waals surface area (Å²) in [6, 6.07) is 5.06. The molecule has 0 saturated carbocycles. The molecule has 2 aromatic rings. The molecule has 134 valence electrons. The molecule has 8 nitrogen and oxygen atoms in total. The molecule has 1 aliphatic heterocycles. The third kappa shape index (κ3) is 3.48. The van der Waals surface area contributed by atoms with Gasteiger partial charge in [0, 0.05) is 31.1 Å². The summed E-state index contributed by atoms with van der Waals surface area (Å²) >= 11 is 0. The highest BCUT2D eigenvalue weighted by molar-refractivity contribution is 5.65. The van der Waals surface area contributed by atoms with Crippen molar-refractivity contribution >= 4 is 11.4 Å². The smallest absolute Gasteiger partial charge is 0.292 e. The van der Waals surface area contributed by atoms with Crippen LogP contribution in [0.25, 0.3) is 0 Å². The van der Waals surface area contributed by atoms with E-state index in [9.17, 15) is 15.2 Å². The second-order valence-electron chi connectivity index (χ2n) is 6.71. The first-order chi connectivity index (χ1) is 12.0. The van der Waals surface area contributed by atoms with Crippen molar-refractivity contribution in [1.82, 2.24) is 14.8 Å². The van der Waals surface area contributed by atoms with Gasteiger partial charge in [0.2, 0.25) is 0 Å². The normalized spacial score (nSPS) is 17.9. The summed E-state index contributed by atoms with van der Waals surface area (Å²) in [4.78, 5) is 13.1. The molecular weight excluding hydrogens is 322 g/mol. The standard InChI is InChI=1S/C17H23N5O3/c1-12(2)21-11-18-19-17(21)14-4-3-7-20(9-14)16-8-13(10-23)5-6-15(16)22(24)25/h5-6,8,11-12,14,23H,3-4,7,9-10H2,1-2H3. The summed E-state index contributed by atoms with van der Waals surface area (Å²) in [5, 5.41) is 29.1. The molecule has 1 atom stereocenters. The second kappa shape index (κ2) is 7.18. The number of benzene rings is 1. The maximum Gasteiger partial charge on any atom is 0.292 e. The van der Waals surface area contributed by atoms with Gasteiger partial charge in [-0.1, -0.05) is 0 Å². The van der Waals surface area contributed by atoms with Gasteiger partial charge in [-0.25, -0.2) is 0 Å². The number of aromatic nitrogens is 3. The molecule has 1 aromatic carbocycles. The Kier molecular flexibility index (Phi) is 4.98. The van der Waals surface area contributed by atoms with Gasteiger partial charge in [0.25, 0.3) is 5.69 Å². The Balaban J connectivity index is 1.91. The highest BCUT2D eigenvalue weighted by atomic mass is 16.6. The molecule has 0 radical (unpaired) electrons. The van der Waals surface area contributed by atoms with Crippen LogP contribution >= 0.6 is 0 Å². The van der Waals surface area contributed by atoms with Crippen molar-refractivity contribution in [2.45, 2.75) is 45.3 Å². The van der Waals surface area contributed by atoms with Gasteiger partial charge in [0.1, 0.15) is 17.8 Å². The van der Waals surface area contributed by atoms with E-state index in [1.165, 1.54) is 6.07 Å². The lowest BCUT2D eigenvalue weighted by Crippen LogP contribution is -2.36. The summed E-state index contributed by atoms with van der Waals surface area (Å²) in [5.74, 6) is 1.11. The van der Waals surface area contributed by atoms with E-state index in [0.29, 0.717) is 17.8 Å². The molecule has 1 fully saturated rings.